The summed E-state index contributed by atoms with van der Waals surface area (Å²) in [7, 11) is -3.61. The van der Waals surface area contributed by atoms with Crippen LogP contribution in [0.1, 0.15) is 18.1 Å². The van der Waals surface area contributed by atoms with Crippen molar-refractivity contribution in [1.29, 1.82) is 0 Å². The van der Waals surface area contributed by atoms with Gasteiger partial charge in [-0.25, -0.2) is 13.1 Å². The molecule has 2 N–H and O–H groups in total. The molecule has 0 atom stereocenters. The van der Waals surface area contributed by atoms with Gasteiger partial charge < -0.3 is 14.8 Å². The third-order valence-corrected chi connectivity index (χ3v) is 5.49. The van der Waals surface area contributed by atoms with Crippen LogP contribution in [-0.2, 0) is 14.8 Å². The Kier molecular flexibility index (Phi) is 7.83. The highest BCUT2D eigenvalue weighted by molar-refractivity contribution is 7.89. The first-order valence-electron chi connectivity index (χ1n) is 9.01. The number of benzene rings is 2. The summed E-state index contributed by atoms with van der Waals surface area (Å²) in [5.74, 6) is 0.948. The molecule has 0 aliphatic heterocycles. The minimum absolute atomic E-state index is 0.0877. The van der Waals surface area contributed by atoms with Crippen molar-refractivity contribution >= 4 is 15.9 Å². The highest BCUT2D eigenvalue weighted by Crippen LogP contribution is 2.17. The lowest BCUT2D eigenvalue weighted by Gasteiger charge is -2.11. The van der Waals surface area contributed by atoms with Crippen LogP contribution in [0.2, 0.25) is 0 Å². The summed E-state index contributed by atoms with van der Waals surface area (Å²) in [6.45, 7) is 6.23. The average molecular weight is 407 g/mol. The number of ether oxygens (including phenoxy) is 2. The molecule has 0 saturated heterocycles. The minimum atomic E-state index is -3.61. The average Bonchev–Trinajstić information content (AvgIpc) is 2.64. The molecule has 1 amide bonds. The molecule has 0 heterocycles. The van der Waals surface area contributed by atoms with Crippen LogP contribution in [0.3, 0.4) is 0 Å². The molecule has 0 bridgehead atoms. The third kappa shape index (κ3) is 6.54. The van der Waals surface area contributed by atoms with Gasteiger partial charge in [0.05, 0.1) is 11.5 Å². The molecule has 8 heteroatoms. The number of amides is 1. The first kappa shape index (κ1) is 21.7. The van der Waals surface area contributed by atoms with E-state index in [2.05, 4.69) is 10.0 Å². The Morgan fingerprint density at radius 1 is 0.964 bits per heavy atom. The fourth-order valence-electron chi connectivity index (χ4n) is 2.56. The molecule has 7 nitrogen and oxygen atoms in total. The van der Waals surface area contributed by atoms with Crippen LogP contribution in [0.4, 0.5) is 0 Å². The van der Waals surface area contributed by atoms with Crippen molar-refractivity contribution in [3.05, 3.63) is 53.6 Å². The van der Waals surface area contributed by atoms with E-state index in [1.165, 1.54) is 0 Å². The van der Waals surface area contributed by atoms with E-state index in [0.29, 0.717) is 17.9 Å². The van der Waals surface area contributed by atoms with E-state index in [4.69, 9.17) is 9.47 Å². The van der Waals surface area contributed by atoms with Crippen LogP contribution < -0.4 is 19.5 Å². The maximum Gasteiger partial charge on any atom is 0.257 e. The summed E-state index contributed by atoms with van der Waals surface area (Å²) in [5.41, 5.74) is 1.68. The molecule has 28 heavy (non-hydrogen) atoms. The topological polar surface area (TPSA) is 93.7 Å². The summed E-state index contributed by atoms with van der Waals surface area (Å²) >= 11 is 0. The lowest BCUT2D eigenvalue weighted by Crippen LogP contribution is -2.36. The van der Waals surface area contributed by atoms with Crippen LogP contribution in [-0.4, -0.2) is 40.6 Å². The Morgan fingerprint density at radius 2 is 1.61 bits per heavy atom. The van der Waals surface area contributed by atoms with Crippen LogP contribution in [0, 0.1) is 13.8 Å². The van der Waals surface area contributed by atoms with Crippen LogP contribution in [0.25, 0.3) is 0 Å². The van der Waals surface area contributed by atoms with Gasteiger partial charge in [-0.2, -0.15) is 0 Å². The smallest absolute Gasteiger partial charge is 0.257 e. The Balaban J connectivity index is 1.73. The van der Waals surface area contributed by atoms with Gasteiger partial charge in [0, 0.05) is 13.1 Å². The van der Waals surface area contributed by atoms with E-state index in [-0.39, 0.29) is 30.5 Å². The molecule has 2 aromatic carbocycles. The lowest BCUT2D eigenvalue weighted by molar-refractivity contribution is -0.123. The van der Waals surface area contributed by atoms with Crippen LogP contribution in [0.5, 0.6) is 11.5 Å². The zero-order valence-electron chi connectivity index (χ0n) is 16.3. The van der Waals surface area contributed by atoms with Gasteiger partial charge in [0.25, 0.3) is 5.91 Å². The third-order valence-electron chi connectivity index (χ3n) is 3.86. The minimum Gasteiger partial charge on any atom is -0.494 e. The maximum absolute atomic E-state index is 12.3. The molecule has 0 fully saturated rings. The predicted molar refractivity (Wildman–Crippen MR) is 107 cm³/mol. The number of hydrogen-bond donors (Lipinski definition) is 2. The number of sulfonamides is 1. The molecule has 2 rings (SSSR count). The van der Waals surface area contributed by atoms with Crippen molar-refractivity contribution < 1.29 is 22.7 Å². The van der Waals surface area contributed by atoms with Gasteiger partial charge in [-0.05, 0) is 56.7 Å². The van der Waals surface area contributed by atoms with E-state index in [1.54, 1.807) is 43.3 Å². The van der Waals surface area contributed by atoms with E-state index >= 15 is 0 Å². The number of carbonyl (C=O) groups is 1. The number of nitrogens with one attached hydrogen (secondary N) is 2. The van der Waals surface area contributed by atoms with Crippen LogP contribution >= 0.6 is 0 Å². The molecule has 0 aliphatic rings. The van der Waals surface area contributed by atoms with Gasteiger partial charge in [-0.3, -0.25) is 4.79 Å². The summed E-state index contributed by atoms with van der Waals surface area (Å²) in [5, 5.41) is 2.62. The zero-order valence-corrected chi connectivity index (χ0v) is 17.1. The van der Waals surface area contributed by atoms with E-state index in [1.807, 2.05) is 19.9 Å². The molecular formula is C20H26N2O5S. The molecular weight excluding hydrogens is 380 g/mol. The molecule has 0 radical (unpaired) electrons. The highest BCUT2D eigenvalue weighted by atomic mass is 32.2. The Morgan fingerprint density at radius 3 is 2.21 bits per heavy atom. The number of hydrogen-bond acceptors (Lipinski definition) is 5. The number of rotatable bonds is 10. The molecule has 0 unspecified atom stereocenters. The van der Waals surface area contributed by atoms with E-state index in [0.717, 1.165) is 11.3 Å². The molecule has 0 spiro atoms. The Hall–Kier alpha value is -2.58. The summed E-state index contributed by atoms with van der Waals surface area (Å²) < 4.78 is 37.9. The lowest BCUT2D eigenvalue weighted by atomic mass is 10.2. The summed E-state index contributed by atoms with van der Waals surface area (Å²) in [4.78, 5) is 12.1. The molecule has 0 aromatic heterocycles. The fraction of sp³-hybridized carbons (Fsp3) is 0.350. The maximum atomic E-state index is 12.3. The molecule has 0 aliphatic carbocycles. The summed E-state index contributed by atoms with van der Waals surface area (Å²) in [6.07, 6.45) is 0. The van der Waals surface area contributed by atoms with Crippen molar-refractivity contribution in [3.63, 3.8) is 0 Å². The predicted octanol–water partition coefficient (Wildman–Crippen LogP) is 2.18. The first-order valence-corrected chi connectivity index (χ1v) is 10.5. The van der Waals surface area contributed by atoms with Gasteiger partial charge in [0.2, 0.25) is 10.0 Å². The number of carbonyl (C=O) groups excluding carboxylic acids is 1. The normalized spacial score (nSPS) is 11.1. The van der Waals surface area contributed by atoms with E-state index in [9.17, 15) is 13.2 Å². The fourth-order valence-corrected chi connectivity index (χ4v) is 3.82. The highest BCUT2D eigenvalue weighted by Gasteiger charge is 2.16. The standard InChI is InChI=1S/C20H26N2O5S/c1-4-26-17-6-8-18(9-7-17)27-14-20(23)21-11-12-22-28(24,25)19-10-5-15(2)13-16(19)3/h5-10,13,22H,4,11-12,14H2,1-3H3,(H,21,23). The van der Waals surface area contributed by atoms with Crippen LogP contribution in [0.15, 0.2) is 47.4 Å². The monoisotopic (exact) mass is 406 g/mol. The Labute approximate surface area is 166 Å². The van der Waals surface area contributed by atoms with Crippen molar-refractivity contribution in [2.75, 3.05) is 26.3 Å². The second-order valence-electron chi connectivity index (χ2n) is 6.21. The van der Waals surface area contributed by atoms with Gasteiger partial charge in [-0.15, -0.1) is 0 Å². The quantitative estimate of drug-likeness (QED) is 0.590. The Bertz CT molecular complexity index is 895. The molecule has 152 valence electrons. The van der Waals surface area contributed by atoms with Crippen molar-refractivity contribution in [2.45, 2.75) is 25.7 Å². The zero-order chi connectivity index (χ0) is 20.6. The summed E-state index contributed by atoms with van der Waals surface area (Å²) in [6, 6.07) is 12.1. The first-order chi connectivity index (χ1) is 13.3. The number of aryl methyl sites for hydroxylation is 2. The van der Waals surface area contributed by atoms with Crippen molar-refractivity contribution in [3.8, 4) is 11.5 Å². The van der Waals surface area contributed by atoms with Gasteiger partial charge in [0.1, 0.15) is 11.5 Å². The molecule has 2 aromatic rings. The van der Waals surface area contributed by atoms with Gasteiger partial charge in [0.15, 0.2) is 6.61 Å². The second-order valence-corrected chi connectivity index (χ2v) is 7.95. The van der Waals surface area contributed by atoms with Crippen molar-refractivity contribution in [1.82, 2.24) is 10.0 Å². The SMILES string of the molecule is CCOc1ccc(OCC(=O)NCCNS(=O)(=O)c2ccc(C)cc2C)cc1. The van der Waals surface area contributed by atoms with Crippen molar-refractivity contribution in [2.24, 2.45) is 0 Å². The largest absolute Gasteiger partial charge is 0.494 e. The van der Waals surface area contributed by atoms with Gasteiger partial charge >= 0.3 is 0 Å². The second kappa shape index (κ2) is 10.1. The molecule has 0 saturated carbocycles. The van der Waals surface area contributed by atoms with E-state index < -0.39 is 10.0 Å². The van der Waals surface area contributed by atoms with Gasteiger partial charge in [-0.1, -0.05) is 17.7 Å².